The molecule has 2 N–H and O–H groups in total. The Morgan fingerprint density at radius 1 is 1.22 bits per heavy atom. The van der Waals surface area contributed by atoms with E-state index in [0.717, 1.165) is 19.3 Å². The van der Waals surface area contributed by atoms with Crippen LogP contribution in [-0.2, 0) is 14.3 Å². The van der Waals surface area contributed by atoms with Gasteiger partial charge in [0.2, 0.25) is 11.8 Å². The van der Waals surface area contributed by atoms with Gasteiger partial charge in [0, 0.05) is 12.1 Å². The van der Waals surface area contributed by atoms with Gasteiger partial charge >= 0.3 is 6.09 Å². The fraction of sp³-hybridized carbons (Fsp3) is 0.556. The third kappa shape index (κ3) is 10.2. The van der Waals surface area contributed by atoms with Crippen molar-refractivity contribution in [1.29, 1.82) is 5.26 Å². The SMILES string of the molecule is C#Cc1ccccc1C(C(=O)NCCCCC)N(CC#N)C(=O)C(CCSC)NC(=O)OC(C)(C)C. The van der Waals surface area contributed by atoms with Gasteiger partial charge in [-0.1, -0.05) is 43.9 Å². The Kier molecular flexibility index (Phi) is 13.5. The highest BCUT2D eigenvalue weighted by Gasteiger charge is 2.36. The second-order valence-corrected chi connectivity index (χ2v) is 10.2. The third-order valence-corrected chi connectivity index (χ3v) is 5.82. The molecular formula is C27H38N4O4S. The van der Waals surface area contributed by atoms with E-state index in [0.29, 0.717) is 29.8 Å². The van der Waals surface area contributed by atoms with Crippen molar-refractivity contribution < 1.29 is 19.1 Å². The van der Waals surface area contributed by atoms with E-state index >= 15 is 0 Å². The number of terminal acetylenes is 1. The Bertz CT molecular complexity index is 962. The van der Waals surface area contributed by atoms with E-state index in [4.69, 9.17) is 11.2 Å². The first kappa shape index (κ1) is 30.9. The summed E-state index contributed by atoms with van der Waals surface area (Å²) in [4.78, 5) is 40.9. The highest BCUT2D eigenvalue weighted by Crippen LogP contribution is 2.26. The highest BCUT2D eigenvalue weighted by atomic mass is 32.2. The van der Waals surface area contributed by atoms with Crippen molar-refractivity contribution in [2.75, 3.05) is 25.1 Å². The summed E-state index contributed by atoms with van der Waals surface area (Å²) in [6.45, 7) is 7.31. The van der Waals surface area contributed by atoms with Gasteiger partial charge in [-0.3, -0.25) is 9.59 Å². The second kappa shape index (κ2) is 15.7. The number of unbranched alkanes of at least 4 members (excludes halogenated alkanes) is 2. The molecule has 2 unspecified atom stereocenters. The molecule has 0 aliphatic carbocycles. The van der Waals surface area contributed by atoms with Crippen molar-refractivity contribution in [3.63, 3.8) is 0 Å². The van der Waals surface area contributed by atoms with E-state index in [2.05, 4.69) is 23.5 Å². The minimum absolute atomic E-state index is 0.294. The number of hydrogen-bond donors (Lipinski definition) is 2. The summed E-state index contributed by atoms with van der Waals surface area (Å²) in [5.41, 5.74) is 0.135. The van der Waals surface area contributed by atoms with Gasteiger partial charge in [0.15, 0.2) is 0 Å². The predicted octanol–water partition coefficient (Wildman–Crippen LogP) is 4.01. The van der Waals surface area contributed by atoms with Crippen LogP contribution in [0.4, 0.5) is 4.79 Å². The summed E-state index contributed by atoms with van der Waals surface area (Å²) in [7, 11) is 0. The van der Waals surface area contributed by atoms with Gasteiger partial charge in [0.05, 0.1) is 6.07 Å². The molecule has 0 saturated carbocycles. The zero-order valence-electron chi connectivity index (χ0n) is 21.9. The van der Waals surface area contributed by atoms with Crippen LogP contribution in [0, 0.1) is 23.7 Å². The molecule has 0 spiro atoms. The van der Waals surface area contributed by atoms with Gasteiger partial charge in [0.1, 0.15) is 24.2 Å². The predicted molar refractivity (Wildman–Crippen MR) is 143 cm³/mol. The molecule has 36 heavy (non-hydrogen) atoms. The van der Waals surface area contributed by atoms with Crippen molar-refractivity contribution in [1.82, 2.24) is 15.5 Å². The molecule has 0 aliphatic heterocycles. The summed E-state index contributed by atoms with van der Waals surface area (Å²) in [6.07, 6.45) is 9.86. The number of rotatable bonds is 13. The minimum Gasteiger partial charge on any atom is -0.444 e. The maximum Gasteiger partial charge on any atom is 0.408 e. The molecule has 0 heterocycles. The lowest BCUT2D eigenvalue weighted by molar-refractivity contribution is -0.141. The van der Waals surface area contributed by atoms with Crippen molar-refractivity contribution in [2.24, 2.45) is 0 Å². The zero-order valence-corrected chi connectivity index (χ0v) is 22.7. The first-order valence-electron chi connectivity index (χ1n) is 12.1. The van der Waals surface area contributed by atoms with Crippen molar-refractivity contribution in [3.05, 3.63) is 35.4 Å². The summed E-state index contributed by atoms with van der Waals surface area (Å²) >= 11 is 1.51. The van der Waals surface area contributed by atoms with Crippen molar-refractivity contribution in [2.45, 2.75) is 71.1 Å². The molecule has 0 aliphatic rings. The summed E-state index contributed by atoms with van der Waals surface area (Å²) in [5.74, 6) is 2.15. The van der Waals surface area contributed by atoms with Gasteiger partial charge in [-0.05, 0) is 57.3 Å². The molecule has 0 radical (unpaired) electrons. The Hall–Kier alpha value is -3.17. The van der Waals surface area contributed by atoms with Crippen LogP contribution < -0.4 is 10.6 Å². The van der Waals surface area contributed by atoms with Crippen LogP contribution in [0.25, 0.3) is 0 Å². The summed E-state index contributed by atoms with van der Waals surface area (Å²) in [5, 5.41) is 15.1. The molecule has 0 saturated heterocycles. The number of hydrogen-bond acceptors (Lipinski definition) is 6. The maximum absolute atomic E-state index is 13.8. The highest BCUT2D eigenvalue weighted by molar-refractivity contribution is 7.98. The van der Waals surface area contributed by atoms with Gasteiger partial charge in [0.25, 0.3) is 0 Å². The normalized spacial score (nSPS) is 12.4. The maximum atomic E-state index is 13.8. The van der Waals surface area contributed by atoms with Crippen LogP contribution in [0.5, 0.6) is 0 Å². The Morgan fingerprint density at radius 3 is 2.50 bits per heavy atom. The van der Waals surface area contributed by atoms with Gasteiger partial charge in [-0.2, -0.15) is 17.0 Å². The average molecular weight is 515 g/mol. The Morgan fingerprint density at radius 2 is 1.92 bits per heavy atom. The number of nitrogens with zero attached hydrogens (tertiary/aromatic N) is 2. The molecular weight excluding hydrogens is 476 g/mol. The number of benzene rings is 1. The van der Waals surface area contributed by atoms with Gasteiger partial charge < -0.3 is 20.3 Å². The van der Waals surface area contributed by atoms with Crippen LogP contribution in [0.15, 0.2) is 24.3 Å². The van der Waals surface area contributed by atoms with Crippen LogP contribution in [-0.4, -0.2) is 59.5 Å². The quantitative estimate of drug-likeness (QED) is 0.234. The minimum atomic E-state index is -1.14. The first-order valence-corrected chi connectivity index (χ1v) is 13.5. The Balaban J connectivity index is 3.43. The standard InChI is InChI=1S/C27H38N4O4S/c1-7-9-12-17-29-24(32)23(21-14-11-10-13-20(21)8-2)31(18-16-28)25(33)22(15-19-36-6)30-26(34)35-27(3,4)5/h2,10-11,13-14,22-23H,7,9,12,15,17-19H2,1,3-6H3,(H,29,32)(H,30,34). The van der Waals surface area contributed by atoms with E-state index in [1.165, 1.54) is 16.7 Å². The lowest BCUT2D eigenvalue weighted by Gasteiger charge is -2.33. The molecule has 0 bridgehead atoms. The van der Waals surface area contributed by atoms with E-state index in [1.807, 2.05) is 12.3 Å². The smallest absolute Gasteiger partial charge is 0.408 e. The lowest BCUT2D eigenvalue weighted by atomic mass is 9.97. The molecule has 1 aromatic rings. The number of nitrogens with one attached hydrogen (secondary N) is 2. The van der Waals surface area contributed by atoms with Gasteiger partial charge in [-0.15, -0.1) is 6.42 Å². The molecule has 196 valence electrons. The Labute approximate surface area is 219 Å². The molecule has 9 heteroatoms. The number of carbonyl (C=O) groups is 3. The second-order valence-electron chi connectivity index (χ2n) is 9.24. The summed E-state index contributed by atoms with van der Waals surface area (Å²) in [6, 6.07) is 6.71. The van der Waals surface area contributed by atoms with E-state index in [1.54, 1.807) is 45.0 Å². The number of thioether (sulfide) groups is 1. The van der Waals surface area contributed by atoms with Crippen LogP contribution >= 0.6 is 11.8 Å². The number of carbonyl (C=O) groups excluding carboxylic acids is 3. The van der Waals surface area contributed by atoms with E-state index in [-0.39, 0.29) is 6.54 Å². The molecule has 1 rings (SSSR count). The first-order chi connectivity index (χ1) is 17.1. The van der Waals surface area contributed by atoms with Crippen LogP contribution in [0.1, 0.15) is 70.5 Å². The number of ether oxygens (including phenoxy) is 1. The molecule has 0 aromatic heterocycles. The molecule has 3 amide bonds. The number of nitriles is 1. The number of alkyl carbamates (subject to hydrolysis) is 1. The van der Waals surface area contributed by atoms with Crippen molar-refractivity contribution in [3.8, 4) is 18.4 Å². The topological polar surface area (TPSA) is 112 Å². The summed E-state index contributed by atoms with van der Waals surface area (Å²) < 4.78 is 5.34. The van der Waals surface area contributed by atoms with Gasteiger partial charge in [-0.25, -0.2) is 4.79 Å². The van der Waals surface area contributed by atoms with E-state index < -0.39 is 35.6 Å². The number of amides is 3. The van der Waals surface area contributed by atoms with E-state index in [9.17, 15) is 19.6 Å². The van der Waals surface area contributed by atoms with Crippen LogP contribution in [0.3, 0.4) is 0 Å². The third-order valence-electron chi connectivity index (χ3n) is 5.17. The zero-order chi connectivity index (χ0) is 27.1. The van der Waals surface area contributed by atoms with Crippen LogP contribution in [0.2, 0.25) is 0 Å². The molecule has 0 fully saturated rings. The monoisotopic (exact) mass is 514 g/mol. The molecule has 8 nitrogen and oxygen atoms in total. The average Bonchev–Trinajstić information content (AvgIpc) is 2.82. The molecule has 1 aromatic carbocycles. The lowest BCUT2D eigenvalue weighted by Crippen LogP contribution is -2.53. The molecule has 2 atom stereocenters. The largest absolute Gasteiger partial charge is 0.444 e. The fourth-order valence-electron chi connectivity index (χ4n) is 3.52. The fourth-order valence-corrected chi connectivity index (χ4v) is 3.99. The van der Waals surface area contributed by atoms with Crippen molar-refractivity contribution >= 4 is 29.7 Å².